The molecule has 0 aliphatic carbocycles. The van der Waals surface area contributed by atoms with Gasteiger partial charge < -0.3 is 18.9 Å². The van der Waals surface area contributed by atoms with E-state index in [2.05, 4.69) is 22.3 Å². The SMILES string of the molecule is COc1ccc(OC)c(C#CSC#Cc2cc(OC)ccc2OC)c1. The standard InChI is InChI=1S/C20H18O4S/c1-21-17-5-7-19(23-3)15(13-17)9-11-25-12-10-16-14-18(22-2)6-8-20(16)24-4/h5-8,13-14H,1-4H3. The Morgan fingerprint density at radius 2 is 1.08 bits per heavy atom. The molecule has 0 saturated heterocycles. The van der Waals surface area contributed by atoms with Crippen molar-refractivity contribution < 1.29 is 18.9 Å². The molecule has 2 aromatic carbocycles. The van der Waals surface area contributed by atoms with Crippen molar-refractivity contribution >= 4 is 11.8 Å². The Labute approximate surface area is 152 Å². The zero-order valence-corrected chi connectivity index (χ0v) is 15.3. The molecule has 0 bridgehead atoms. The lowest BCUT2D eigenvalue weighted by Crippen LogP contribution is -1.90. The summed E-state index contributed by atoms with van der Waals surface area (Å²) < 4.78 is 21.0. The fraction of sp³-hybridized carbons (Fsp3) is 0.200. The van der Waals surface area contributed by atoms with Gasteiger partial charge in [0.2, 0.25) is 0 Å². The van der Waals surface area contributed by atoms with Crippen molar-refractivity contribution in [3.05, 3.63) is 47.5 Å². The van der Waals surface area contributed by atoms with E-state index in [1.165, 1.54) is 11.8 Å². The van der Waals surface area contributed by atoms with Crippen molar-refractivity contribution in [3.63, 3.8) is 0 Å². The minimum absolute atomic E-state index is 0.691. The van der Waals surface area contributed by atoms with Gasteiger partial charge >= 0.3 is 0 Å². The zero-order chi connectivity index (χ0) is 18.1. The average molecular weight is 354 g/mol. The van der Waals surface area contributed by atoms with Crippen LogP contribution in [0.1, 0.15) is 11.1 Å². The number of methoxy groups -OCH3 is 4. The van der Waals surface area contributed by atoms with Crippen LogP contribution >= 0.6 is 11.8 Å². The Kier molecular flexibility index (Phi) is 6.95. The molecule has 0 aliphatic heterocycles. The van der Waals surface area contributed by atoms with E-state index in [0.29, 0.717) is 11.5 Å². The van der Waals surface area contributed by atoms with Gasteiger partial charge in [-0.2, -0.15) is 0 Å². The summed E-state index contributed by atoms with van der Waals surface area (Å²) in [6.45, 7) is 0. The molecule has 0 spiro atoms. The van der Waals surface area contributed by atoms with Gasteiger partial charge in [0.25, 0.3) is 0 Å². The maximum Gasteiger partial charge on any atom is 0.134 e. The molecule has 128 valence electrons. The van der Waals surface area contributed by atoms with Crippen molar-refractivity contribution in [1.82, 2.24) is 0 Å². The second-order valence-electron chi connectivity index (χ2n) is 4.69. The first-order chi connectivity index (χ1) is 12.2. The van der Waals surface area contributed by atoms with Crippen LogP contribution in [0.15, 0.2) is 36.4 Å². The van der Waals surface area contributed by atoms with E-state index in [9.17, 15) is 0 Å². The zero-order valence-electron chi connectivity index (χ0n) is 14.5. The van der Waals surface area contributed by atoms with E-state index in [4.69, 9.17) is 18.9 Å². The second kappa shape index (κ2) is 9.42. The molecule has 0 amide bonds. The minimum atomic E-state index is 0.691. The Hall–Kier alpha value is -2.89. The third-order valence-corrected chi connectivity index (χ3v) is 3.70. The summed E-state index contributed by atoms with van der Waals surface area (Å²) >= 11 is 1.19. The predicted octanol–water partition coefficient (Wildman–Crippen LogP) is 3.77. The summed E-state index contributed by atoms with van der Waals surface area (Å²) in [6.07, 6.45) is 0. The van der Waals surface area contributed by atoms with Crippen molar-refractivity contribution in [2.45, 2.75) is 0 Å². The second-order valence-corrected chi connectivity index (χ2v) is 5.30. The molecule has 0 saturated carbocycles. The maximum atomic E-state index is 5.29. The molecule has 0 aromatic heterocycles. The maximum absolute atomic E-state index is 5.29. The number of thioether (sulfide) groups is 1. The fourth-order valence-corrected chi connectivity index (χ4v) is 2.38. The summed E-state index contributed by atoms with van der Waals surface area (Å²) in [6, 6.07) is 10.9. The fourth-order valence-electron chi connectivity index (χ4n) is 2.01. The van der Waals surface area contributed by atoms with Gasteiger partial charge in [0.05, 0.1) is 39.6 Å². The van der Waals surface area contributed by atoms with Crippen molar-refractivity contribution in [3.8, 4) is 45.3 Å². The molecule has 0 N–H and O–H groups in total. The monoisotopic (exact) mass is 354 g/mol. The Morgan fingerprint density at radius 3 is 1.44 bits per heavy atom. The first-order valence-corrected chi connectivity index (χ1v) is 8.15. The highest BCUT2D eigenvalue weighted by Crippen LogP contribution is 2.24. The molecule has 0 atom stereocenters. The summed E-state index contributed by atoms with van der Waals surface area (Å²) in [5.41, 5.74) is 1.49. The molecule has 0 radical (unpaired) electrons. The summed E-state index contributed by atoms with van der Waals surface area (Å²) in [4.78, 5) is 0. The van der Waals surface area contributed by atoms with Gasteiger partial charge in [-0.15, -0.1) is 0 Å². The number of hydrogen-bond acceptors (Lipinski definition) is 5. The van der Waals surface area contributed by atoms with E-state index in [-0.39, 0.29) is 0 Å². The van der Waals surface area contributed by atoms with Crippen LogP contribution in [0.3, 0.4) is 0 Å². The van der Waals surface area contributed by atoms with Crippen molar-refractivity contribution in [2.24, 2.45) is 0 Å². The first-order valence-electron chi connectivity index (χ1n) is 7.33. The molecular formula is C20H18O4S. The highest BCUT2D eigenvalue weighted by atomic mass is 32.2. The molecule has 0 heterocycles. The van der Waals surface area contributed by atoms with Crippen LogP contribution in [0.5, 0.6) is 23.0 Å². The number of ether oxygens (including phenoxy) is 4. The van der Waals surface area contributed by atoms with E-state index >= 15 is 0 Å². The van der Waals surface area contributed by atoms with Crippen LogP contribution in [0, 0.1) is 22.3 Å². The normalized spacial score (nSPS) is 9.12. The van der Waals surface area contributed by atoms with Gasteiger partial charge in [-0.3, -0.25) is 0 Å². The molecule has 0 aliphatic rings. The van der Waals surface area contributed by atoms with Gasteiger partial charge in [-0.05, 0) is 58.7 Å². The third kappa shape index (κ3) is 5.04. The molecular weight excluding hydrogens is 336 g/mol. The van der Waals surface area contributed by atoms with Gasteiger partial charge in [0.1, 0.15) is 23.0 Å². The molecule has 0 fully saturated rings. The van der Waals surface area contributed by atoms with Crippen molar-refractivity contribution in [2.75, 3.05) is 28.4 Å². The number of benzene rings is 2. The Balaban J connectivity index is 2.16. The molecule has 2 rings (SSSR count). The predicted molar refractivity (Wildman–Crippen MR) is 100 cm³/mol. The largest absolute Gasteiger partial charge is 0.497 e. The van der Waals surface area contributed by atoms with Crippen LogP contribution in [-0.4, -0.2) is 28.4 Å². The Bertz CT molecular complexity index is 782. The molecule has 25 heavy (non-hydrogen) atoms. The lowest BCUT2D eigenvalue weighted by Gasteiger charge is -2.05. The molecule has 0 unspecified atom stereocenters. The first kappa shape index (κ1) is 18.4. The van der Waals surface area contributed by atoms with Crippen LogP contribution in [0.4, 0.5) is 0 Å². The number of hydrogen-bond donors (Lipinski definition) is 0. The molecule has 2 aromatic rings. The van der Waals surface area contributed by atoms with E-state index in [0.717, 1.165) is 22.6 Å². The van der Waals surface area contributed by atoms with E-state index in [1.54, 1.807) is 28.4 Å². The minimum Gasteiger partial charge on any atom is -0.497 e. The molecule has 4 nitrogen and oxygen atoms in total. The van der Waals surface area contributed by atoms with Crippen LogP contribution in [0.25, 0.3) is 0 Å². The average Bonchev–Trinajstić information content (AvgIpc) is 2.67. The highest BCUT2D eigenvalue weighted by molar-refractivity contribution is 8.08. The lowest BCUT2D eigenvalue weighted by molar-refractivity contribution is 0.402. The third-order valence-electron chi connectivity index (χ3n) is 3.29. The lowest BCUT2D eigenvalue weighted by atomic mass is 10.2. The van der Waals surface area contributed by atoms with Gasteiger partial charge in [0.15, 0.2) is 0 Å². The topological polar surface area (TPSA) is 36.9 Å². The number of rotatable bonds is 4. The smallest absolute Gasteiger partial charge is 0.134 e. The summed E-state index contributed by atoms with van der Waals surface area (Å²) in [5, 5.41) is 5.90. The van der Waals surface area contributed by atoms with Crippen LogP contribution in [0.2, 0.25) is 0 Å². The molecule has 5 heteroatoms. The van der Waals surface area contributed by atoms with Gasteiger partial charge in [-0.1, -0.05) is 0 Å². The summed E-state index contributed by atoms with van der Waals surface area (Å²) in [5.74, 6) is 8.88. The summed E-state index contributed by atoms with van der Waals surface area (Å²) in [7, 11) is 6.44. The van der Waals surface area contributed by atoms with Gasteiger partial charge in [0, 0.05) is 11.8 Å². The highest BCUT2D eigenvalue weighted by Gasteiger charge is 2.02. The van der Waals surface area contributed by atoms with Crippen LogP contribution in [-0.2, 0) is 0 Å². The van der Waals surface area contributed by atoms with Gasteiger partial charge in [-0.25, -0.2) is 0 Å². The van der Waals surface area contributed by atoms with E-state index in [1.807, 2.05) is 36.4 Å². The van der Waals surface area contributed by atoms with Crippen molar-refractivity contribution in [1.29, 1.82) is 0 Å². The van der Waals surface area contributed by atoms with Crippen LogP contribution < -0.4 is 18.9 Å². The Morgan fingerprint density at radius 1 is 0.640 bits per heavy atom. The quantitative estimate of drug-likeness (QED) is 0.781. The van der Waals surface area contributed by atoms with E-state index < -0.39 is 0 Å².